The summed E-state index contributed by atoms with van der Waals surface area (Å²) < 4.78 is 0. The normalized spacial score (nSPS) is 23.9. The zero-order chi connectivity index (χ0) is 13.1. The Morgan fingerprint density at radius 3 is 2.89 bits per heavy atom. The lowest BCUT2D eigenvalue weighted by Gasteiger charge is -2.35. The van der Waals surface area contributed by atoms with Gasteiger partial charge < -0.3 is 15.1 Å². The van der Waals surface area contributed by atoms with Crippen LogP contribution >= 0.6 is 11.3 Å². The maximum absolute atomic E-state index is 12.2. The van der Waals surface area contributed by atoms with Crippen molar-refractivity contribution in [1.29, 1.82) is 0 Å². The molecular formula is C13H20N4OS. The van der Waals surface area contributed by atoms with E-state index >= 15 is 0 Å². The lowest BCUT2D eigenvalue weighted by Crippen LogP contribution is -2.49. The third-order valence-corrected chi connectivity index (χ3v) is 4.74. The van der Waals surface area contributed by atoms with Gasteiger partial charge in [-0.1, -0.05) is 0 Å². The van der Waals surface area contributed by atoms with Crippen LogP contribution in [0.15, 0.2) is 11.6 Å². The average Bonchev–Trinajstić information content (AvgIpc) is 3.12. The second-order valence-corrected chi connectivity index (χ2v) is 6.05. The van der Waals surface area contributed by atoms with Crippen molar-refractivity contribution >= 4 is 22.4 Å². The summed E-state index contributed by atoms with van der Waals surface area (Å²) in [7, 11) is 0. The molecule has 6 heteroatoms. The Morgan fingerprint density at radius 2 is 2.26 bits per heavy atom. The number of aromatic nitrogens is 1. The summed E-state index contributed by atoms with van der Waals surface area (Å²) in [5.41, 5.74) is 0. The van der Waals surface area contributed by atoms with Crippen molar-refractivity contribution in [1.82, 2.24) is 15.2 Å². The van der Waals surface area contributed by atoms with Gasteiger partial charge in [0, 0.05) is 50.2 Å². The SMILES string of the molecule is O=C(CC1CCCN1)N1CCN(c2nccs2)CC1. The van der Waals surface area contributed by atoms with Crippen molar-refractivity contribution in [2.24, 2.45) is 0 Å². The zero-order valence-corrected chi connectivity index (χ0v) is 11.9. The largest absolute Gasteiger partial charge is 0.345 e. The maximum atomic E-state index is 12.2. The molecule has 1 aromatic heterocycles. The molecule has 1 N–H and O–H groups in total. The number of carbonyl (C=O) groups is 1. The van der Waals surface area contributed by atoms with E-state index in [1.54, 1.807) is 11.3 Å². The van der Waals surface area contributed by atoms with Gasteiger partial charge >= 0.3 is 0 Å². The number of hydrogen-bond donors (Lipinski definition) is 1. The highest BCUT2D eigenvalue weighted by molar-refractivity contribution is 7.13. The van der Waals surface area contributed by atoms with Crippen molar-refractivity contribution in [3.8, 4) is 0 Å². The Morgan fingerprint density at radius 1 is 1.42 bits per heavy atom. The number of hydrogen-bond acceptors (Lipinski definition) is 5. The van der Waals surface area contributed by atoms with Gasteiger partial charge in [-0.3, -0.25) is 4.79 Å². The van der Waals surface area contributed by atoms with Crippen LogP contribution in [0, 0.1) is 0 Å². The van der Waals surface area contributed by atoms with Gasteiger partial charge in [0.2, 0.25) is 5.91 Å². The Balaban J connectivity index is 1.48. The zero-order valence-electron chi connectivity index (χ0n) is 11.0. The highest BCUT2D eigenvalue weighted by Gasteiger charge is 2.25. The monoisotopic (exact) mass is 280 g/mol. The number of rotatable bonds is 3. The maximum Gasteiger partial charge on any atom is 0.224 e. The minimum Gasteiger partial charge on any atom is -0.345 e. The van der Waals surface area contributed by atoms with E-state index < -0.39 is 0 Å². The summed E-state index contributed by atoms with van der Waals surface area (Å²) in [6.07, 6.45) is 4.85. The van der Waals surface area contributed by atoms with E-state index in [0.29, 0.717) is 18.4 Å². The van der Waals surface area contributed by atoms with Crippen LogP contribution in [0.3, 0.4) is 0 Å². The van der Waals surface area contributed by atoms with E-state index in [-0.39, 0.29) is 0 Å². The molecule has 0 saturated carbocycles. The van der Waals surface area contributed by atoms with Gasteiger partial charge in [0.15, 0.2) is 5.13 Å². The number of anilines is 1. The van der Waals surface area contributed by atoms with Crippen LogP contribution in [0.1, 0.15) is 19.3 Å². The molecule has 104 valence electrons. The molecule has 0 bridgehead atoms. The summed E-state index contributed by atoms with van der Waals surface area (Å²) in [5, 5.41) is 6.46. The molecule has 0 aliphatic carbocycles. The molecule has 1 unspecified atom stereocenters. The number of piperazine rings is 1. The first-order chi connectivity index (χ1) is 9.33. The lowest BCUT2D eigenvalue weighted by atomic mass is 10.1. The fraction of sp³-hybridized carbons (Fsp3) is 0.692. The Bertz CT molecular complexity index is 408. The molecule has 1 amide bonds. The number of amides is 1. The number of nitrogens with one attached hydrogen (secondary N) is 1. The van der Waals surface area contributed by atoms with Crippen molar-refractivity contribution in [2.45, 2.75) is 25.3 Å². The first kappa shape index (κ1) is 12.9. The van der Waals surface area contributed by atoms with Gasteiger partial charge in [-0.05, 0) is 19.4 Å². The van der Waals surface area contributed by atoms with Crippen LogP contribution in [-0.4, -0.2) is 54.6 Å². The number of carbonyl (C=O) groups excluding carboxylic acids is 1. The third-order valence-electron chi connectivity index (χ3n) is 3.91. The molecule has 2 fully saturated rings. The van der Waals surface area contributed by atoms with E-state index in [1.807, 2.05) is 16.5 Å². The van der Waals surface area contributed by atoms with E-state index in [1.165, 1.54) is 6.42 Å². The van der Waals surface area contributed by atoms with Crippen LogP contribution in [-0.2, 0) is 4.79 Å². The number of thiazole rings is 1. The summed E-state index contributed by atoms with van der Waals surface area (Å²) in [6, 6.07) is 0.407. The molecule has 0 aromatic carbocycles. The first-order valence-corrected chi connectivity index (χ1v) is 7.86. The van der Waals surface area contributed by atoms with E-state index in [2.05, 4.69) is 15.2 Å². The minimum absolute atomic E-state index is 0.304. The molecule has 19 heavy (non-hydrogen) atoms. The Labute approximate surface area is 117 Å². The average molecular weight is 280 g/mol. The van der Waals surface area contributed by atoms with Crippen molar-refractivity contribution < 1.29 is 4.79 Å². The van der Waals surface area contributed by atoms with Crippen LogP contribution in [0.2, 0.25) is 0 Å². The van der Waals surface area contributed by atoms with Crippen LogP contribution < -0.4 is 10.2 Å². The molecule has 3 heterocycles. The van der Waals surface area contributed by atoms with Gasteiger partial charge in [-0.25, -0.2) is 4.98 Å². The Kier molecular flexibility index (Phi) is 3.98. The van der Waals surface area contributed by atoms with Crippen LogP contribution in [0.5, 0.6) is 0 Å². The highest BCUT2D eigenvalue weighted by atomic mass is 32.1. The minimum atomic E-state index is 0.304. The van der Waals surface area contributed by atoms with E-state index in [0.717, 1.165) is 44.3 Å². The highest BCUT2D eigenvalue weighted by Crippen LogP contribution is 2.19. The topological polar surface area (TPSA) is 48.5 Å². The molecule has 2 saturated heterocycles. The van der Waals surface area contributed by atoms with E-state index in [4.69, 9.17) is 0 Å². The van der Waals surface area contributed by atoms with Gasteiger partial charge in [0.25, 0.3) is 0 Å². The molecule has 0 spiro atoms. The quantitative estimate of drug-likeness (QED) is 0.895. The summed E-state index contributed by atoms with van der Waals surface area (Å²) in [6.45, 7) is 4.51. The van der Waals surface area contributed by atoms with Gasteiger partial charge in [-0.15, -0.1) is 11.3 Å². The van der Waals surface area contributed by atoms with Gasteiger partial charge in [0.1, 0.15) is 0 Å². The molecule has 2 aliphatic rings. The predicted molar refractivity (Wildman–Crippen MR) is 76.5 cm³/mol. The molecule has 5 nitrogen and oxygen atoms in total. The second kappa shape index (κ2) is 5.88. The number of nitrogens with zero attached hydrogens (tertiary/aromatic N) is 3. The van der Waals surface area contributed by atoms with Gasteiger partial charge in [-0.2, -0.15) is 0 Å². The molecule has 3 rings (SSSR count). The summed E-state index contributed by atoms with van der Waals surface area (Å²) in [4.78, 5) is 20.8. The van der Waals surface area contributed by atoms with Crippen molar-refractivity contribution in [2.75, 3.05) is 37.6 Å². The molecule has 1 atom stereocenters. The molecule has 1 aromatic rings. The smallest absolute Gasteiger partial charge is 0.224 e. The fourth-order valence-electron chi connectivity index (χ4n) is 2.79. The Hall–Kier alpha value is -1.14. The van der Waals surface area contributed by atoms with Gasteiger partial charge in [0.05, 0.1) is 0 Å². The lowest BCUT2D eigenvalue weighted by molar-refractivity contribution is -0.131. The molecule has 2 aliphatic heterocycles. The summed E-state index contributed by atoms with van der Waals surface area (Å²) >= 11 is 1.67. The predicted octanol–water partition coefficient (Wildman–Crippen LogP) is 0.934. The third kappa shape index (κ3) is 3.06. The molecular weight excluding hydrogens is 260 g/mol. The molecule has 0 radical (unpaired) electrons. The van der Waals surface area contributed by atoms with E-state index in [9.17, 15) is 4.79 Å². The van der Waals surface area contributed by atoms with Crippen LogP contribution in [0.4, 0.5) is 5.13 Å². The fourth-order valence-corrected chi connectivity index (χ4v) is 3.49. The standard InChI is InChI=1S/C13H20N4OS/c18-12(10-11-2-1-3-14-11)16-5-7-17(8-6-16)13-15-4-9-19-13/h4,9,11,14H,1-3,5-8,10H2. The summed E-state index contributed by atoms with van der Waals surface area (Å²) in [5.74, 6) is 0.304. The van der Waals surface area contributed by atoms with Crippen LogP contribution in [0.25, 0.3) is 0 Å². The van der Waals surface area contributed by atoms with Crippen molar-refractivity contribution in [3.63, 3.8) is 0 Å². The second-order valence-electron chi connectivity index (χ2n) is 5.18. The first-order valence-electron chi connectivity index (χ1n) is 6.98. The van der Waals surface area contributed by atoms with Crippen molar-refractivity contribution in [3.05, 3.63) is 11.6 Å².